The molecule has 0 radical (unpaired) electrons. The molecule has 0 saturated carbocycles. The number of ether oxygens (including phenoxy) is 2. The van der Waals surface area contributed by atoms with E-state index >= 15 is 0 Å². The number of benzene rings is 2. The van der Waals surface area contributed by atoms with Crippen LogP contribution in [0.4, 0.5) is 0 Å². The molecule has 0 saturated heterocycles. The molecule has 0 aliphatic heterocycles. The van der Waals surface area contributed by atoms with Crippen LogP contribution in [-0.4, -0.2) is 22.6 Å². The highest BCUT2D eigenvalue weighted by Gasteiger charge is 2.24. The molecular formula is C20H27NO4S. The highest BCUT2D eigenvalue weighted by molar-refractivity contribution is 7.89. The van der Waals surface area contributed by atoms with E-state index in [1.807, 2.05) is 46.8 Å². The third-order valence-electron chi connectivity index (χ3n) is 5.14. The van der Waals surface area contributed by atoms with Crippen LogP contribution in [0.5, 0.6) is 11.5 Å². The Kier molecular flexibility index (Phi) is 5.98. The molecule has 0 aliphatic rings. The number of methoxy groups -OCH3 is 2. The molecule has 26 heavy (non-hydrogen) atoms. The SMILES string of the molecule is COc1cccc(CNS(=O)(=O)c2c(C)c(C)c(C)c(C)c2C)c1OC. The van der Waals surface area contributed by atoms with Gasteiger partial charge >= 0.3 is 0 Å². The van der Waals surface area contributed by atoms with Gasteiger partial charge < -0.3 is 9.47 Å². The second-order valence-electron chi connectivity index (χ2n) is 6.43. The van der Waals surface area contributed by atoms with Crippen molar-refractivity contribution in [2.75, 3.05) is 14.2 Å². The molecule has 5 nitrogen and oxygen atoms in total. The van der Waals surface area contributed by atoms with E-state index in [1.54, 1.807) is 13.2 Å². The summed E-state index contributed by atoms with van der Waals surface area (Å²) in [4.78, 5) is 0.361. The first kappa shape index (κ1) is 20.3. The van der Waals surface area contributed by atoms with Gasteiger partial charge in [-0.2, -0.15) is 0 Å². The summed E-state index contributed by atoms with van der Waals surface area (Å²) in [6, 6.07) is 5.40. The maximum Gasteiger partial charge on any atom is 0.241 e. The largest absolute Gasteiger partial charge is 0.493 e. The van der Waals surface area contributed by atoms with Gasteiger partial charge in [0.2, 0.25) is 10.0 Å². The van der Waals surface area contributed by atoms with E-state index in [1.165, 1.54) is 7.11 Å². The van der Waals surface area contributed by atoms with Crippen LogP contribution in [0, 0.1) is 34.6 Å². The quantitative estimate of drug-likeness (QED) is 0.833. The normalized spacial score (nSPS) is 11.5. The molecule has 0 spiro atoms. The molecule has 2 aromatic carbocycles. The van der Waals surface area contributed by atoms with Crippen molar-refractivity contribution in [2.24, 2.45) is 0 Å². The van der Waals surface area contributed by atoms with Gasteiger partial charge in [-0.15, -0.1) is 0 Å². The Hall–Kier alpha value is -2.05. The lowest BCUT2D eigenvalue weighted by Gasteiger charge is -2.19. The summed E-state index contributed by atoms with van der Waals surface area (Å²) in [6.45, 7) is 9.77. The molecule has 2 rings (SSSR count). The average molecular weight is 378 g/mol. The van der Waals surface area contributed by atoms with Crippen LogP contribution in [-0.2, 0) is 16.6 Å². The van der Waals surface area contributed by atoms with E-state index in [2.05, 4.69) is 4.72 Å². The van der Waals surface area contributed by atoms with E-state index in [-0.39, 0.29) is 6.54 Å². The van der Waals surface area contributed by atoms with Crippen molar-refractivity contribution in [3.8, 4) is 11.5 Å². The average Bonchev–Trinajstić information content (AvgIpc) is 2.62. The number of hydrogen-bond donors (Lipinski definition) is 1. The second-order valence-corrected chi connectivity index (χ2v) is 8.14. The molecule has 0 amide bonds. The third kappa shape index (κ3) is 3.57. The van der Waals surface area contributed by atoms with Gasteiger partial charge in [-0.05, 0) is 68.5 Å². The fraction of sp³-hybridized carbons (Fsp3) is 0.400. The molecule has 2 aromatic rings. The zero-order chi connectivity index (χ0) is 19.6. The lowest BCUT2D eigenvalue weighted by Crippen LogP contribution is -2.26. The molecule has 1 N–H and O–H groups in total. The van der Waals surface area contributed by atoms with Crippen LogP contribution in [0.15, 0.2) is 23.1 Å². The molecule has 0 unspecified atom stereocenters. The van der Waals surface area contributed by atoms with E-state index in [0.717, 1.165) is 27.8 Å². The fourth-order valence-corrected chi connectivity index (χ4v) is 4.81. The summed E-state index contributed by atoms with van der Waals surface area (Å²) in [5, 5.41) is 0. The number of nitrogens with one attached hydrogen (secondary N) is 1. The summed E-state index contributed by atoms with van der Waals surface area (Å²) < 4.78 is 39.4. The van der Waals surface area contributed by atoms with Gasteiger partial charge in [-0.1, -0.05) is 12.1 Å². The maximum absolute atomic E-state index is 13.0. The molecule has 0 fully saturated rings. The molecule has 0 aliphatic carbocycles. The molecule has 0 bridgehead atoms. The van der Waals surface area contributed by atoms with Crippen LogP contribution < -0.4 is 14.2 Å². The Morgan fingerprint density at radius 3 is 1.88 bits per heavy atom. The topological polar surface area (TPSA) is 64.6 Å². The Morgan fingerprint density at radius 1 is 0.846 bits per heavy atom. The lowest BCUT2D eigenvalue weighted by molar-refractivity contribution is 0.351. The van der Waals surface area contributed by atoms with Gasteiger partial charge in [0, 0.05) is 12.1 Å². The van der Waals surface area contributed by atoms with Crippen molar-refractivity contribution in [1.29, 1.82) is 0 Å². The standard InChI is InChI=1S/C20H27NO4S/c1-12-13(2)15(4)20(16(5)14(12)3)26(22,23)21-11-17-9-8-10-18(24-6)19(17)25-7/h8-10,21H,11H2,1-7H3. The molecule has 0 aromatic heterocycles. The van der Waals surface area contributed by atoms with Crippen molar-refractivity contribution < 1.29 is 17.9 Å². The molecule has 6 heteroatoms. The predicted octanol–water partition coefficient (Wildman–Crippen LogP) is 3.72. The monoisotopic (exact) mass is 377 g/mol. The maximum atomic E-state index is 13.0. The van der Waals surface area contributed by atoms with Crippen molar-refractivity contribution in [1.82, 2.24) is 4.72 Å². The molecule has 0 heterocycles. The van der Waals surface area contributed by atoms with Gasteiger partial charge in [0.15, 0.2) is 11.5 Å². The van der Waals surface area contributed by atoms with Crippen molar-refractivity contribution in [2.45, 2.75) is 46.1 Å². The number of sulfonamides is 1. The van der Waals surface area contributed by atoms with Crippen LogP contribution in [0.3, 0.4) is 0 Å². The number of rotatable bonds is 6. The van der Waals surface area contributed by atoms with Crippen LogP contribution in [0.1, 0.15) is 33.4 Å². The summed E-state index contributed by atoms with van der Waals surface area (Å²) >= 11 is 0. The minimum Gasteiger partial charge on any atom is -0.493 e. The Labute approximate surface area is 156 Å². The third-order valence-corrected chi connectivity index (χ3v) is 6.81. The first-order valence-electron chi connectivity index (χ1n) is 8.42. The fourth-order valence-electron chi connectivity index (χ4n) is 3.21. The first-order chi connectivity index (χ1) is 12.2. The van der Waals surface area contributed by atoms with Gasteiger partial charge in [-0.3, -0.25) is 0 Å². The highest BCUT2D eigenvalue weighted by atomic mass is 32.2. The summed E-state index contributed by atoms with van der Waals surface area (Å²) in [6.07, 6.45) is 0. The zero-order valence-corrected chi connectivity index (χ0v) is 17.3. The highest BCUT2D eigenvalue weighted by Crippen LogP contribution is 2.32. The van der Waals surface area contributed by atoms with Crippen molar-refractivity contribution >= 4 is 10.0 Å². The molecule has 142 valence electrons. The predicted molar refractivity (Wildman–Crippen MR) is 104 cm³/mol. The number of hydrogen-bond acceptors (Lipinski definition) is 4. The van der Waals surface area contributed by atoms with Gasteiger partial charge in [0.25, 0.3) is 0 Å². The molecular weight excluding hydrogens is 350 g/mol. The molecule has 0 atom stereocenters. The Morgan fingerprint density at radius 2 is 1.38 bits per heavy atom. The zero-order valence-electron chi connectivity index (χ0n) is 16.5. The van der Waals surface area contributed by atoms with E-state index < -0.39 is 10.0 Å². The second kappa shape index (κ2) is 7.68. The van der Waals surface area contributed by atoms with Crippen molar-refractivity contribution in [3.05, 3.63) is 51.6 Å². The number of para-hydroxylation sites is 1. The van der Waals surface area contributed by atoms with E-state index in [0.29, 0.717) is 22.0 Å². The first-order valence-corrected chi connectivity index (χ1v) is 9.90. The van der Waals surface area contributed by atoms with E-state index in [9.17, 15) is 8.42 Å². The van der Waals surface area contributed by atoms with Gasteiger partial charge in [0.05, 0.1) is 19.1 Å². The summed E-state index contributed by atoms with van der Waals surface area (Å²) in [7, 11) is -0.582. The van der Waals surface area contributed by atoms with Crippen LogP contribution in [0.25, 0.3) is 0 Å². The summed E-state index contributed by atoms with van der Waals surface area (Å²) in [5.41, 5.74) is 5.44. The lowest BCUT2D eigenvalue weighted by atomic mass is 9.95. The minimum atomic E-state index is -3.67. The van der Waals surface area contributed by atoms with E-state index in [4.69, 9.17) is 9.47 Å². The summed E-state index contributed by atoms with van der Waals surface area (Å²) in [5.74, 6) is 1.10. The van der Waals surface area contributed by atoms with Gasteiger partial charge in [0.1, 0.15) is 0 Å². The van der Waals surface area contributed by atoms with Gasteiger partial charge in [-0.25, -0.2) is 13.1 Å². The minimum absolute atomic E-state index is 0.119. The Balaban J connectivity index is 2.44. The van der Waals surface area contributed by atoms with Crippen LogP contribution >= 0.6 is 0 Å². The smallest absolute Gasteiger partial charge is 0.241 e. The van der Waals surface area contributed by atoms with Crippen LogP contribution in [0.2, 0.25) is 0 Å². The van der Waals surface area contributed by atoms with Crippen molar-refractivity contribution in [3.63, 3.8) is 0 Å². The Bertz CT molecular complexity index is 904.